The highest BCUT2D eigenvalue weighted by Gasteiger charge is 2.22. The summed E-state index contributed by atoms with van der Waals surface area (Å²) >= 11 is 6.31. The van der Waals surface area contributed by atoms with Gasteiger partial charge in [0, 0.05) is 25.4 Å². The van der Waals surface area contributed by atoms with Crippen molar-refractivity contribution in [2.45, 2.75) is 41.5 Å². The molecule has 0 unspecified atom stereocenters. The fourth-order valence-corrected chi connectivity index (χ4v) is 2.65. The Bertz CT molecular complexity index is 554. The summed E-state index contributed by atoms with van der Waals surface area (Å²) in [7, 11) is 0. The minimum Gasteiger partial charge on any atom is -0.354 e. The molecule has 1 rings (SSSR count). The Morgan fingerprint density at radius 2 is 1.82 bits per heavy atom. The van der Waals surface area contributed by atoms with Gasteiger partial charge in [-0.3, -0.25) is 9.59 Å². The van der Waals surface area contributed by atoms with Crippen molar-refractivity contribution in [2.75, 3.05) is 18.0 Å². The van der Waals surface area contributed by atoms with Crippen LogP contribution >= 0.6 is 11.6 Å². The smallest absolute Gasteiger partial charge is 0.225 e. The van der Waals surface area contributed by atoms with Crippen molar-refractivity contribution in [2.24, 2.45) is 5.41 Å². The van der Waals surface area contributed by atoms with E-state index in [0.29, 0.717) is 23.8 Å². The largest absolute Gasteiger partial charge is 0.354 e. The molecule has 4 nitrogen and oxygen atoms in total. The molecule has 0 atom stereocenters. The molecule has 0 spiro atoms. The van der Waals surface area contributed by atoms with E-state index in [4.69, 9.17) is 11.6 Å². The Hall–Kier alpha value is -1.55. The van der Waals surface area contributed by atoms with Crippen molar-refractivity contribution in [1.29, 1.82) is 0 Å². The summed E-state index contributed by atoms with van der Waals surface area (Å²) in [4.78, 5) is 25.5. The molecular formula is C17H25ClN2O2. The summed E-state index contributed by atoms with van der Waals surface area (Å²) in [6, 6.07) is 3.83. The molecule has 0 heterocycles. The highest BCUT2D eigenvalue weighted by molar-refractivity contribution is 6.34. The number of benzene rings is 1. The number of hydrogen-bond donors (Lipinski definition) is 1. The summed E-state index contributed by atoms with van der Waals surface area (Å²) in [6.07, 6.45) is 0. The van der Waals surface area contributed by atoms with Crippen molar-refractivity contribution in [3.05, 3.63) is 28.3 Å². The third-order valence-corrected chi connectivity index (χ3v) is 3.64. The van der Waals surface area contributed by atoms with Crippen molar-refractivity contribution in [3.8, 4) is 0 Å². The van der Waals surface area contributed by atoms with E-state index in [2.05, 4.69) is 5.32 Å². The molecule has 0 saturated heterocycles. The summed E-state index contributed by atoms with van der Waals surface area (Å²) in [5.74, 6) is -0.137. The molecule has 22 heavy (non-hydrogen) atoms. The Labute approximate surface area is 137 Å². The summed E-state index contributed by atoms with van der Waals surface area (Å²) in [6.45, 7) is 11.7. The van der Waals surface area contributed by atoms with Crippen molar-refractivity contribution < 1.29 is 9.59 Å². The van der Waals surface area contributed by atoms with Crippen LogP contribution in [-0.4, -0.2) is 24.9 Å². The van der Waals surface area contributed by atoms with Crippen LogP contribution in [0.4, 0.5) is 5.69 Å². The number of carbonyl (C=O) groups is 2. The molecule has 0 radical (unpaired) electrons. The van der Waals surface area contributed by atoms with Gasteiger partial charge in [-0.1, -0.05) is 38.4 Å². The van der Waals surface area contributed by atoms with Crippen LogP contribution in [0.15, 0.2) is 12.1 Å². The van der Waals surface area contributed by atoms with Crippen molar-refractivity contribution in [1.82, 2.24) is 5.32 Å². The number of hydrogen-bond acceptors (Lipinski definition) is 2. The molecule has 122 valence electrons. The first kappa shape index (κ1) is 18.5. The van der Waals surface area contributed by atoms with Crippen LogP contribution in [0.3, 0.4) is 0 Å². The first-order valence-electron chi connectivity index (χ1n) is 7.37. The van der Waals surface area contributed by atoms with Crippen LogP contribution in [0.5, 0.6) is 0 Å². The van der Waals surface area contributed by atoms with E-state index in [1.807, 2.05) is 46.8 Å². The van der Waals surface area contributed by atoms with Crippen LogP contribution in [0.1, 0.15) is 38.8 Å². The van der Waals surface area contributed by atoms with Gasteiger partial charge in [0.2, 0.25) is 11.8 Å². The maximum Gasteiger partial charge on any atom is 0.225 e. The van der Waals surface area contributed by atoms with Gasteiger partial charge in [-0.25, -0.2) is 0 Å². The molecule has 0 aliphatic carbocycles. The van der Waals surface area contributed by atoms with Gasteiger partial charge in [0.15, 0.2) is 0 Å². The first-order chi connectivity index (χ1) is 10.0. The van der Waals surface area contributed by atoms with Crippen LogP contribution in [0.25, 0.3) is 0 Å². The second-order valence-corrected chi connectivity index (χ2v) is 7.00. The fraction of sp³-hybridized carbons (Fsp3) is 0.529. The van der Waals surface area contributed by atoms with Gasteiger partial charge in [0.1, 0.15) is 0 Å². The number of anilines is 1. The SMILES string of the molecule is CC(=O)N(CCNC(=O)C(C)(C)C)c1c(C)cc(C)cc1Cl. The van der Waals surface area contributed by atoms with Crippen LogP contribution in [-0.2, 0) is 9.59 Å². The number of halogens is 1. The van der Waals surface area contributed by atoms with Crippen LogP contribution < -0.4 is 10.2 Å². The second kappa shape index (κ2) is 7.14. The zero-order chi connectivity index (χ0) is 17.1. The molecule has 0 aliphatic heterocycles. The Balaban J connectivity index is 2.89. The van der Waals surface area contributed by atoms with E-state index in [9.17, 15) is 9.59 Å². The van der Waals surface area contributed by atoms with Gasteiger partial charge in [-0.2, -0.15) is 0 Å². The number of nitrogens with zero attached hydrogens (tertiary/aromatic N) is 1. The van der Waals surface area contributed by atoms with Crippen molar-refractivity contribution >= 4 is 29.1 Å². The fourth-order valence-electron chi connectivity index (χ4n) is 2.22. The summed E-state index contributed by atoms with van der Waals surface area (Å²) in [5, 5.41) is 3.40. The molecule has 0 bridgehead atoms. The molecule has 2 amide bonds. The molecule has 1 N–H and O–H groups in total. The molecular weight excluding hydrogens is 300 g/mol. The highest BCUT2D eigenvalue weighted by atomic mass is 35.5. The zero-order valence-corrected chi connectivity index (χ0v) is 15.0. The predicted octanol–water partition coefficient (Wildman–Crippen LogP) is 3.47. The lowest BCUT2D eigenvalue weighted by molar-refractivity contribution is -0.128. The average molecular weight is 325 g/mol. The van der Waals surface area contributed by atoms with Gasteiger partial charge < -0.3 is 10.2 Å². The molecule has 0 fully saturated rings. The van der Waals surface area contributed by atoms with E-state index < -0.39 is 5.41 Å². The lowest BCUT2D eigenvalue weighted by atomic mass is 9.96. The summed E-state index contributed by atoms with van der Waals surface area (Å²) in [5.41, 5.74) is 2.27. The number of rotatable bonds is 4. The van der Waals surface area contributed by atoms with E-state index in [0.717, 1.165) is 11.1 Å². The van der Waals surface area contributed by atoms with E-state index in [1.54, 1.807) is 4.90 Å². The highest BCUT2D eigenvalue weighted by Crippen LogP contribution is 2.31. The summed E-state index contributed by atoms with van der Waals surface area (Å²) < 4.78 is 0. The lowest BCUT2D eigenvalue weighted by Gasteiger charge is -2.26. The zero-order valence-electron chi connectivity index (χ0n) is 14.2. The number of aryl methyl sites for hydroxylation is 2. The van der Waals surface area contributed by atoms with E-state index in [-0.39, 0.29) is 11.8 Å². The normalized spacial score (nSPS) is 11.2. The topological polar surface area (TPSA) is 49.4 Å². The van der Waals surface area contributed by atoms with Crippen LogP contribution in [0, 0.1) is 19.3 Å². The quantitative estimate of drug-likeness (QED) is 0.922. The van der Waals surface area contributed by atoms with Gasteiger partial charge in [0.25, 0.3) is 0 Å². The first-order valence-corrected chi connectivity index (χ1v) is 7.75. The molecule has 0 aromatic heterocycles. The Morgan fingerprint density at radius 1 is 1.23 bits per heavy atom. The van der Waals surface area contributed by atoms with Gasteiger partial charge in [-0.15, -0.1) is 0 Å². The Kier molecular flexibility index (Phi) is 6.00. The average Bonchev–Trinajstić information content (AvgIpc) is 2.33. The monoisotopic (exact) mass is 324 g/mol. The maximum atomic E-state index is 12.0. The van der Waals surface area contributed by atoms with Crippen LogP contribution in [0.2, 0.25) is 5.02 Å². The molecule has 1 aromatic rings. The third kappa shape index (κ3) is 4.73. The Morgan fingerprint density at radius 3 is 2.27 bits per heavy atom. The molecule has 5 heteroatoms. The van der Waals surface area contributed by atoms with Crippen molar-refractivity contribution in [3.63, 3.8) is 0 Å². The second-order valence-electron chi connectivity index (χ2n) is 6.59. The van der Waals surface area contributed by atoms with E-state index in [1.165, 1.54) is 6.92 Å². The third-order valence-electron chi connectivity index (χ3n) is 3.35. The lowest BCUT2D eigenvalue weighted by Crippen LogP contribution is -2.41. The number of amides is 2. The molecule has 0 saturated carbocycles. The van der Waals surface area contributed by atoms with Gasteiger partial charge in [0.05, 0.1) is 10.7 Å². The minimum absolute atomic E-state index is 0.0391. The maximum absolute atomic E-state index is 12.0. The van der Waals surface area contributed by atoms with Gasteiger partial charge in [-0.05, 0) is 31.0 Å². The number of nitrogens with one attached hydrogen (secondary N) is 1. The number of carbonyl (C=O) groups excluding carboxylic acids is 2. The van der Waals surface area contributed by atoms with Gasteiger partial charge >= 0.3 is 0 Å². The molecule has 0 aliphatic rings. The van der Waals surface area contributed by atoms with E-state index >= 15 is 0 Å². The minimum atomic E-state index is -0.446. The predicted molar refractivity (Wildman–Crippen MR) is 91.4 cm³/mol. The standard InChI is InChI=1S/C17H25ClN2O2/c1-11-9-12(2)15(14(18)10-11)20(13(3)21)8-7-19-16(22)17(4,5)6/h9-10H,7-8H2,1-6H3,(H,19,22). The molecule has 1 aromatic carbocycles.